The van der Waals surface area contributed by atoms with Crippen molar-refractivity contribution in [1.82, 2.24) is 4.90 Å². The lowest BCUT2D eigenvalue weighted by atomic mass is 10.3. The molecule has 1 amide bonds. The van der Waals surface area contributed by atoms with Gasteiger partial charge in [-0.3, -0.25) is 4.79 Å². The highest BCUT2D eigenvalue weighted by Gasteiger charge is 2.17. The second kappa shape index (κ2) is 7.65. The molecule has 112 valence electrons. The second-order valence-electron chi connectivity index (χ2n) is 5.63. The molecule has 0 aliphatic carbocycles. The minimum atomic E-state index is -2.88. The van der Waals surface area contributed by atoms with Gasteiger partial charge in [0.25, 0.3) is 0 Å². The van der Waals surface area contributed by atoms with Crippen molar-refractivity contribution in [3.63, 3.8) is 0 Å². The molecule has 0 N–H and O–H groups in total. The summed E-state index contributed by atoms with van der Waals surface area (Å²) < 4.78 is 22.9. The van der Waals surface area contributed by atoms with Crippen LogP contribution in [0.3, 0.4) is 0 Å². The van der Waals surface area contributed by atoms with Crippen LogP contribution < -0.4 is 0 Å². The molecule has 0 aromatic heterocycles. The average Bonchev–Trinajstić information content (AvgIpc) is 2.24. The van der Waals surface area contributed by atoms with E-state index in [0.717, 1.165) is 13.1 Å². The van der Waals surface area contributed by atoms with Crippen molar-refractivity contribution >= 4 is 15.7 Å². The summed E-state index contributed by atoms with van der Waals surface area (Å²) in [5.41, 5.74) is 0. The van der Waals surface area contributed by atoms with Gasteiger partial charge >= 0.3 is 0 Å². The number of carbonyl (C=O) groups excluding carboxylic acids is 1. The number of quaternary nitrogens is 1. The van der Waals surface area contributed by atoms with E-state index in [9.17, 15) is 13.2 Å². The van der Waals surface area contributed by atoms with E-state index in [0.29, 0.717) is 17.4 Å². The summed E-state index contributed by atoms with van der Waals surface area (Å²) in [6.45, 7) is 4.08. The second-order valence-corrected chi connectivity index (χ2v) is 7.89. The molecule has 0 aliphatic rings. The maximum absolute atomic E-state index is 11.6. The highest BCUT2D eigenvalue weighted by Crippen LogP contribution is 2.02. The van der Waals surface area contributed by atoms with Crippen LogP contribution in [0.2, 0.25) is 0 Å². The zero-order valence-electron chi connectivity index (χ0n) is 12.7. The molecular formula is C13H27N2O3S+. The Hall–Kier alpha value is -0.880. The van der Waals surface area contributed by atoms with E-state index in [4.69, 9.17) is 0 Å². The fourth-order valence-corrected chi connectivity index (χ4v) is 2.32. The summed E-state index contributed by atoms with van der Waals surface area (Å²) in [5.74, 6) is 0.223. The lowest BCUT2D eigenvalue weighted by Crippen LogP contribution is -2.46. The predicted octanol–water partition coefficient (Wildman–Crippen LogP) is 0.532. The molecule has 0 radical (unpaired) electrons. The summed E-state index contributed by atoms with van der Waals surface area (Å²) in [6, 6.07) is 0. The molecular weight excluding hydrogens is 264 g/mol. The van der Waals surface area contributed by atoms with Crippen LogP contribution in [0.4, 0.5) is 0 Å². The molecule has 0 saturated heterocycles. The van der Waals surface area contributed by atoms with Crippen molar-refractivity contribution in [2.45, 2.75) is 13.3 Å². The van der Waals surface area contributed by atoms with Crippen LogP contribution in [0.25, 0.3) is 0 Å². The van der Waals surface area contributed by atoms with Gasteiger partial charge in [-0.25, -0.2) is 8.42 Å². The Balaban J connectivity index is 4.12. The minimum absolute atomic E-state index is 0.00126. The number of hydrogen-bond acceptors (Lipinski definition) is 3. The average molecular weight is 291 g/mol. The fraction of sp³-hybridized carbons (Fsp3) is 0.769. The van der Waals surface area contributed by atoms with E-state index in [1.54, 1.807) is 24.1 Å². The molecule has 0 saturated carbocycles. The van der Waals surface area contributed by atoms with E-state index in [1.807, 2.05) is 6.92 Å². The Bertz CT molecular complexity index is 414. The molecule has 0 aromatic rings. The third-order valence-electron chi connectivity index (χ3n) is 3.00. The molecule has 6 heteroatoms. The van der Waals surface area contributed by atoms with E-state index >= 15 is 0 Å². The number of sulfone groups is 1. The van der Waals surface area contributed by atoms with E-state index in [2.05, 4.69) is 14.1 Å². The third kappa shape index (κ3) is 9.67. The largest absolute Gasteiger partial charge is 0.337 e. The van der Waals surface area contributed by atoms with Crippen molar-refractivity contribution in [3.8, 4) is 0 Å². The van der Waals surface area contributed by atoms with Crippen LogP contribution in [-0.4, -0.2) is 76.5 Å². The summed E-state index contributed by atoms with van der Waals surface area (Å²) in [4.78, 5) is 13.2. The Morgan fingerprint density at radius 1 is 1.26 bits per heavy atom. The van der Waals surface area contributed by atoms with E-state index in [-0.39, 0.29) is 11.7 Å². The van der Waals surface area contributed by atoms with Crippen LogP contribution in [0.15, 0.2) is 12.2 Å². The maximum Gasteiger partial charge on any atom is 0.246 e. The van der Waals surface area contributed by atoms with Gasteiger partial charge in [0.15, 0.2) is 0 Å². The number of likely N-dealkylation sites (N-methyl/N-ethyl adjacent to an activating group) is 2. The predicted molar refractivity (Wildman–Crippen MR) is 78.6 cm³/mol. The van der Waals surface area contributed by atoms with Crippen LogP contribution in [0, 0.1) is 0 Å². The first-order valence-electron chi connectivity index (χ1n) is 6.45. The molecule has 0 spiro atoms. The molecule has 5 nitrogen and oxygen atoms in total. The van der Waals surface area contributed by atoms with Crippen LogP contribution in [0.5, 0.6) is 0 Å². The Morgan fingerprint density at radius 3 is 2.32 bits per heavy atom. The Morgan fingerprint density at radius 2 is 1.84 bits per heavy atom. The van der Waals surface area contributed by atoms with Gasteiger partial charge in [0, 0.05) is 19.7 Å². The topological polar surface area (TPSA) is 54.5 Å². The molecule has 0 rings (SSSR count). The SMILES string of the molecule is CC=CC(=O)N(C)CC[N+](C)(C)CCCS(C)(=O)=O. The quantitative estimate of drug-likeness (QED) is 0.484. The van der Waals surface area contributed by atoms with Gasteiger partial charge in [-0.15, -0.1) is 0 Å². The number of nitrogens with zero attached hydrogens (tertiary/aromatic N) is 2. The zero-order chi connectivity index (χ0) is 15.1. The number of rotatable bonds is 8. The Labute approximate surface area is 117 Å². The van der Waals surface area contributed by atoms with Gasteiger partial charge in [0.05, 0.1) is 39.5 Å². The maximum atomic E-state index is 11.6. The monoisotopic (exact) mass is 291 g/mol. The van der Waals surface area contributed by atoms with Crippen LogP contribution in [0.1, 0.15) is 13.3 Å². The van der Waals surface area contributed by atoms with Crippen molar-refractivity contribution < 1.29 is 17.7 Å². The molecule has 0 heterocycles. The van der Waals surface area contributed by atoms with E-state index < -0.39 is 9.84 Å². The van der Waals surface area contributed by atoms with Gasteiger partial charge in [0.1, 0.15) is 9.84 Å². The molecule has 0 bridgehead atoms. The first kappa shape index (κ1) is 18.1. The molecule has 19 heavy (non-hydrogen) atoms. The molecule has 0 unspecified atom stereocenters. The van der Waals surface area contributed by atoms with Crippen LogP contribution in [-0.2, 0) is 14.6 Å². The summed E-state index contributed by atoms with van der Waals surface area (Å²) in [5, 5.41) is 0. The fourth-order valence-electron chi connectivity index (χ4n) is 1.67. The highest BCUT2D eigenvalue weighted by atomic mass is 32.2. The Kier molecular flexibility index (Phi) is 7.29. The lowest BCUT2D eigenvalue weighted by molar-refractivity contribution is -0.889. The van der Waals surface area contributed by atoms with Gasteiger partial charge < -0.3 is 9.38 Å². The van der Waals surface area contributed by atoms with Gasteiger partial charge in [-0.05, 0) is 13.0 Å². The van der Waals surface area contributed by atoms with Crippen molar-refractivity contribution in [1.29, 1.82) is 0 Å². The molecule has 0 aromatic carbocycles. The first-order chi connectivity index (χ1) is 8.57. The lowest BCUT2D eigenvalue weighted by Gasteiger charge is -2.31. The molecule has 0 atom stereocenters. The first-order valence-corrected chi connectivity index (χ1v) is 8.51. The summed E-state index contributed by atoms with van der Waals surface area (Å²) in [7, 11) is 3.00. The molecule has 0 aliphatic heterocycles. The number of amides is 1. The van der Waals surface area contributed by atoms with Crippen molar-refractivity contribution in [3.05, 3.63) is 12.2 Å². The van der Waals surface area contributed by atoms with Crippen LogP contribution >= 0.6 is 0 Å². The van der Waals surface area contributed by atoms with Crippen molar-refractivity contribution in [2.24, 2.45) is 0 Å². The zero-order valence-corrected chi connectivity index (χ0v) is 13.5. The highest BCUT2D eigenvalue weighted by molar-refractivity contribution is 7.90. The number of carbonyl (C=O) groups is 1. The number of allylic oxidation sites excluding steroid dienone is 1. The van der Waals surface area contributed by atoms with E-state index in [1.165, 1.54) is 6.26 Å². The molecule has 0 fully saturated rings. The smallest absolute Gasteiger partial charge is 0.246 e. The summed E-state index contributed by atoms with van der Waals surface area (Å²) in [6.07, 6.45) is 5.18. The van der Waals surface area contributed by atoms with Gasteiger partial charge in [-0.2, -0.15) is 0 Å². The number of hydrogen-bond donors (Lipinski definition) is 0. The minimum Gasteiger partial charge on any atom is -0.337 e. The van der Waals surface area contributed by atoms with Crippen molar-refractivity contribution in [2.75, 3.05) is 52.8 Å². The third-order valence-corrected chi connectivity index (χ3v) is 4.04. The van der Waals surface area contributed by atoms with Gasteiger partial charge in [-0.1, -0.05) is 6.08 Å². The standard InChI is InChI=1S/C13H27N2O3S/c1-6-8-13(16)14(2)9-11-15(3,4)10-7-12-19(5,17)18/h6,8H,7,9-12H2,1-5H3/q+1. The van der Waals surface area contributed by atoms with Gasteiger partial charge in [0.2, 0.25) is 5.91 Å². The normalized spacial score (nSPS) is 12.9. The summed E-state index contributed by atoms with van der Waals surface area (Å²) >= 11 is 0.